The minimum atomic E-state index is -0.719. The molecule has 1 fully saturated rings. The molecule has 34 heavy (non-hydrogen) atoms. The van der Waals surface area contributed by atoms with Gasteiger partial charge in [-0.2, -0.15) is 4.98 Å². The van der Waals surface area contributed by atoms with E-state index in [0.717, 1.165) is 6.07 Å². The quantitative estimate of drug-likeness (QED) is 0.499. The molecule has 0 spiro atoms. The molecule has 0 aliphatic carbocycles. The fraction of sp³-hybridized carbons (Fsp3) is 0.292. The van der Waals surface area contributed by atoms with Crippen LogP contribution in [0.5, 0.6) is 0 Å². The highest BCUT2D eigenvalue weighted by molar-refractivity contribution is 7.99. The Morgan fingerprint density at radius 3 is 2.76 bits per heavy atom. The van der Waals surface area contributed by atoms with Gasteiger partial charge in [-0.1, -0.05) is 18.2 Å². The second-order valence-corrected chi connectivity index (χ2v) is 9.84. The van der Waals surface area contributed by atoms with Crippen LogP contribution in [0.25, 0.3) is 22.0 Å². The van der Waals surface area contributed by atoms with E-state index in [9.17, 15) is 18.4 Å². The molecule has 0 unspecified atom stereocenters. The molecule has 1 amide bonds. The van der Waals surface area contributed by atoms with E-state index in [1.165, 1.54) is 30.0 Å². The first-order chi connectivity index (χ1) is 16.3. The highest BCUT2D eigenvalue weighted by Gasteiger charge is 2.31. The number of aromatic nitrogens is 2. The third-order valence-corrected chi connectivity index (χ3v) is 7.67. The highest BCUT2D eigenvalue weighted by Crippen LogP contribution is 2.46. The smallest absolute Gasteiger partial charge is 0.350 e. The number of amides is 1. The summed E-state index contributed by atoms with van der Waals surface area (Å²) >= 11 is 8.20. The first-order valence-corrected chi connectivity index (χ1v) is 12.2. The fourth-order valence-corrected chi connectivity index (χ4v) is 6.27. The summed E-state index contributed by atoms with van der Waals surface area (Å²) in [6, 6.07) is 4.99. The van der Waals surface area contributed by atoms with Crippen molar-refractivity contribution in [2.75, 3.05) is 30.3 Å². The molecule has 1 saturated heterocycles. The third-order valence-electron chi connectivity index (χ3n) is 6.30. The third kappa shape index (κ3) is 3.67. The molecule has 10 heteroatoms. The predicted octanol–water partition coefficient (Wildman–Crippen LogP) is 4.32. The van der Waals surface area contributed by atoms with Crippen molar-refractivity contribution in [1.82, 2.24) is 14.5 Å². The molecular formula is C24H21ClF2N4O2S. The summed E-state index contributed by atoms with van der Waals surface area (Å²) in [5.41, 5.74) is 0.871. The average molecular weight is 503 g/mol. The summed E-state index contributed by atoms with van der Waals surface area (Å²) in [6.07, 6.45) is 1.29. The van der Waals surface area contributed by atoms with Gasteiger partial charge >= 0.3 is 5.69 Å². The van der Waals surface area contributed by atoms with Crippen LogP contribution >= 0.6 is 23.4 Å². The van der Waals surface area contributed by atoms with E-state index in [2.05, 4.69) is 11.6 Å². The molecule has 176 valence electrons. The van der Waals surface area contributed by atoms with Crippen LogP contribution in [0.3, 0.4) is 0 Å². The van der Waals surface area contributed by atoms with Crippen LogP contribution in [-0.4, -0.2) is 51.8 Å². The van der Waals surface area contributed by atoms with Crippen LogP contribution in [0.15, 0.2) is 46.6 Å². The number of hydrogen-bond acceptors (Lipinski definition) is 5. The van der Waals surface area contributed by atoms with Gasteiger partial charge < -0.3 is 9.80 Å². The van der Waals surface area contributed by atoms with Gasteiger partial charge in [-0.05, 0) is 31.2 Å². The van der Waals surface area contributed by atoms with Crippen LogP contribution in [0, 0.1) is 11.6 Å². The molecule has 2 aromatic carbocycles. The lowest BCUT2D eigenvalue weighted by molar-refractivity contribution is -0.126. The lowest BCUT2D eigenvalue weighted by atomic mass is 10.0. The molecule has 0 bridgehead atoms. The monoisotopic (exact) mass is 502 g/mol. The fourth-order valence-electron chi connectivity index (χ4n) is 4.71. The lowest BCUT2D eigenvalue weighted by Crippen LogP contribution is -2.54. The van der Waals surface area contributed by atoms with Crippen LogP contribution in [-0.2, 0) is 11.3 Å². The van der Waals surface area contributed by atoms with Gasteiger partial charge in [-0.25, -0.2) is 13.6 Å². The molecule has 6 nitrogen and oxygen atoms in total. The van der Waals surface area contributed by atoms with Gasteiger partial charge in [0.2, 0.25) is 5.91 Å². The molecule has 1 aromatic heterocycles. The van der Waals surface area contributed by atoms with E-state index in [0.29, 0.717) is 64.1 Å². The van der Waals surface area contributed by atoms with Crippen LogP contribution < -0.4 is 10.6 Å². The largest absolute Gasteiger partial charge is 0.350 e. The first-order valence-electron chi connectivity index (χ1n) is 10.8. The number of benzene rings is 2. The molecule has 3 heterocycles. The Morgan fingerprint density at radius 1 is 1.26 bits per heavy atom. The van der Waals surface area contributed by atoms with Gasteiger partial charge in [-0.15, -0.1) is 11.8 Å². The summed E-state index contributed by atoms with van der Waals surface area (Å²) in [5, 5.41) is 0.984. The average Bonchev–Trinajstić information content (AvgIpc) is 2.81. The SMILES string of the molecule is C=CC(=O)N1CCN(c2nc(=O)n3c4c(c(-c5ccc(F)cc5F)c(Cl)cc24)SCC3)[C@H](C)C1. The second-order valence-electron chi connectivity index (χ2n) is 8.33. The molecule has 2 aliphatic heterocycles. The normalized spacial score (nSPS) is 17.8. The number of rotatable bonds is 3. The van der Waals surface area contributed by atoms with E-state index in [1.807, 2.05) is 11.8 Å². The molecule has 1 atom stereocenters. The first kappa shape index (κ1) is 22.9. The number of aryl methyl sites for hydroxylation is 1. The maximum absolute atomic E-state index is 14.7. The number of anilines is 1. The van der Waals surface area contributed by atoms with Crippen molar-refractivity contribution in [3.8, 4) is 11.1 Å². The van der Waals surface area contributed by atoms with Crippen molar-refractivity contribution in [2.24, 2.45) is 0 Å². The van der Waals surface area contributed by atoms with Crippen LogP contribution in [0.2, 0.25) is 5.02 Å². The Bertz CT molecular complexity index is 1410. The minimum Gasteiger partial charge on any atom is -0.350 e. The van der Waals surface area contributed by atoms with Gasteiger partial charge in [-0.3, -0.25) is 9.36 Å². The zero-order chi connectivity index (χ0) is 24.1. The van der Waals surface area contributed by atoms with Crippen LogP contribution in [0.1, 0.15) is 6.92 Å². The van der Waals surface area contributed by atoms with Crippen molar-refractivity contribution < 1.29 is 13.6 Å². The summed E-state index contributed by atoms with van der Waals surface area (Å²) in [6.45, 7) is 7.40. The van der Waals surface area contributed by atoms with Gasteiger partial charge in [0.05, 0.1) is 10.5 Å². The molecule has 0 N–H and O–H groups in total. The van der Waals surface area contributed by atoms with Crippen molar-refractivity contribution in [3.63, 3.8) is 0 Å². The van der Waals surface area contributed by atoms with E-state index >= 15 is 0 Å². The Balaban J connectivity index is 1.71. The van der Waals surface area contributed by atoms with E-state index in [1.54, 1.807) is 15.5 Å². The molecule has 3 aromatic rings. The summed E-state index contributed by atoms with van der Waals surface area (Å²) < 4.78 is 29.9. The summed E-state index contributed by atoms with van der Waals surface area (Å²) in [7, 11) is 0. The Labute approximate surface area is 203 Å². The zero-order valence-corrected chi connectivity index (χ0v) is 19.9. The van der Waals surface area contributed by atoms with E-state index in [-0.39, 0.29) is 17.5 Å². The number of piperazine rings is 1. The number of hydrogen-bond donors (Lipinski definition) is 0. The van der Waals surface area contributed by atoms with Gasteiger partial charge in [0, 0.05) is 65.4 Å². The Hall–Kier alpha value is -2.91. The van der Waals surface area contributed by atoms with E-state index in [4.69, 9.17) is 11.6 Å². The van der Waals surface area contributed by atoms with Crippen molar-refractivity contribution >= 4 is 46.0 Å². The molecular weight excluding hydrogens is 482 g/mol. The number of halogens is 3. The standard InChI is InChI=1S/C24H21ClF2N4O2S/c1-3-19(32)29-6-7-30(13(2)12-29)23-16-11-17(25)20(15-5-4-14(26)10-18(15)27)22-21(16)31(8-9-34-22)24(33)28-23/h3-5,10-11,13H,1,6-9,12H2,2H3/t13-/m1/s1. The second kappa shape index (κ2) is 8.70. The summed E-state index contributed by atoms with van der Waals surface area (Å²) in [5.74, 6) is -0.444. The molecule has 0 radical (unpaired) electrons. The molecule has 0 saturated carbocycles. The van der Waals surface area contributed by atoms with Crippen molar-refractivity contribution in [2.45, 2.75) is 24.4 Å². The molecule has 2 aliphatic rings. The van der Waals surface area contributed by atoms with Crippen molar-refractivity contribution in [3.05, 3.63) is 64.1 Å². The van der Waals surface area contributed by atoms with Gasteiger partial charge in [0.15, 0.2) is 0 Å². The lowest BCUT2D eigenvalue weighted by Gasteiger charge is -2.40. The number of nitrogens with zero attached hydrogens (tertiary/aromatic N) is 4. The zero-order valence-electron chi connectivity index (χ0n) is 18.4. The maximum atomic E-state index is 14.7. The maximum Gasteiger partial charge on any atom is 0.350 e. The van der Waals surface area contributed by atoms with Gasteiger partial charge in [0.1, 0.15) is 17.5 Å². The van der Waals surface area contributed by atoms with E-state index < -0.39 is 17.3 Å². The highest BCUT2D eigenvalue weighted by atomic mass is 35.5. The number of carbonyl (C=O) groups is 1. The van der Waals surface area contributed by atoms with Crippen molar-refractivity contribution in [1.29, 1.82) is 0 Å². The van der Waals surface area contributed by atoms with Crippen LogP contribution in [0.4, 0.5) is 14.6 Å². The summed E-state index contributed by atoms with van der Waals surface area (Å²) in [4.78, 5) is 33.9. The topological polar surface area (TPSA) is 58.4 Å². The minimum absolute atomic E-state index is 0.101. The predicted molar refractivity (Wildman–Crippen MR) is 131 cm³/mol. The molecule has 5 rings (SSSR count). The Kier molecular flexibility index (Phi) is 5.85. The number of carbonyl (C=O) groups excluding carboxylic acids is 1. The Morgan fingerprint density at radius 2 is 2.06 bits per heavy atom. The number of thioether (sulfide) groups is 1. The van der Waals surface area contributed by atoms with Gasteiger partial charge in [0.25, 0.3) is 0 Å².